The second-order valence-electron chi connectivity index (χ2n) is 6.55. The second-order valence-corrected chi connectivity index (χ2v) is 6.55. The van der Waals surface area contributed by atoms with Crippen LogP contribution in [0.4, 0.5) is 8.78 Å². The molecule has 0 saturated carbocycles. The van der Waals surface area contributed by atoms with Crippen LogP contribution in [-0.4, -0.2) is 29.6 Å². The first-order valence-corrected chi connectivity index (χ1v) is 7.22. The topological polar surface area (TPSA) is 23.5 Å². The number of hydrogen-bond donors (Lipinski definition) is 1. The zero-order chi connectivity index (χ0) is 14.8. The van der Waals surface area contributed by atoms with Gasteiger partial charge in [0, 0.05) is 19.2 Å². The molecule has 2 nitrogen and oxygen atoms in total. The molecule has 0 spiro atoms. The average Bonchev–Trinajstić information content (AvgIpc) is 2.33. The first-order chi connectivity index (χ1) is 9.35. The molecule has 2 rings (SSSR count). The molecule has 1 aliphatic rings. The van der Waals surface area contributed by atoms with Crippen molar-refractivity contribution in [2.75, 3.05) is 19.6 Å². The summed E-state index contributed by atoms with van der Waals surface area (Å²) in [5.41, 5.74) is 0.632. The number of aliphatic hydroxyl groups excluding tert-OH is 1. The highest BCUT2D eigenvalue weighted by molar-refractivity contribution is 5.20. The molecule has 1 aromatic carbocycles. The molecular formula is C16H23F2NO. The zero-order valence-electron chi connectivity index (χ0n) is 12.2. The van der Waals surface area contributed by atoms with Crippen LogP contribution in [0.1, 0.15) is 44.8 Å². The Morgan fingerprint density at radius 1 is 1.25 bits per heavy atom. The maximum Gasteiger partial charge on any atom is 0.126 e. The van der Waals surface area contributed by atoms with Crippen LogP contribution in [0.3, 0.4) is 0 Å². The van der Waals surface area contributed by atoms with E-state index in [4.69, 9.17) is 0 Å². The third kappa shape index (κ3) is 4.25. The Balaban J connectivity index is 1.90. The molecule has 20 heavy (non-hydrogen) atoms. The van der Waals surface area contributed by atoms with E-state index in [1.54, 1.807) is 0 Å². The minimum absolute atomic E-state index is 0.314. The average molecular weight is 283 g/mol. The Bertz CT molecular complexity index is 442. The molecule has 0 radical (unpaired) electrons. The van der Waals surface area contributed by atoms with E-state index in [9.17, 15) is 13.9 Å². The Morgan fingerprint density at radius 2 is 1.90 bits per heavy atom. The number of benzene rings is 1. The summed E-state index contributed by atoms with van der Waals surface area (Å²) in [5, 5.41) is 10.1. The summed E-state index contributed by atoms with van der Waals surface area (Å²) >= 11 is 0. The van der Waals surface area contributed by atoms with Gasteiger partial charge in [0.05, 0.1) is 6.10 Å². The quantitative estimate of drug-likeness (QED) is 0.914. The van der Waals surface area contributed by atoms with Crippen LogP contribution in [-0.2, 0) is 0 Å². The lowest BCUT2D eigenvalue weighted by atomic mass is 9.84. The fourth-order valence-corrected chi connectivity index (χ4v) is 2.97. The van der Waals surface area contributed by atoms with Crippen LogP contribution in [0.25, 0.3) is 0 Å². The Morgan fingerprint density at radius 3 is 2.50 bits per heavy atom. The first kappa shape index (κ1) is 15.4. The van der Waals surface area contributed by atoms with Gasteiger partial charge >= 0.3 is 0 Å². The molecule has 0 bridgehead atoms. The predicted octanol–water partition coefficient (Wildman–Crippen LogP) is 3.51. The van der Waals surface area contributed by atoms with Crippen LogP contribution in [0.2, 0.25) is 0 Å². The van der Waals surface area contributed by atoms with Gasteiger partial charge in [0.15, 0.2) is 0 Å². The normalized spacial score (nSPS) is 20.9. The second kappa shape index (κ2) is 6.19. The number of hydrogen-bond acceptors (Lipinski definition) is 2. The van der Waals surface area contributed by atoms with E-state index in [0.29, 0.717) is 17.4 Å². The van der Waals surface area contributed by atoms with Crippen LogP contribution in [0.15, 0.2) is 18.2 Å². The highest BCUT2D eigenvalue weighted by Crippen LogP contribution is 2.29. The van der Waals surface area contributed by atoms with Crippen molar-refractivity contribution in [2.45, 2.75) is 39.2 Å². The Kier molecular flexibility index (Phi) is 4.76. The standard InChI is InChI=1S/C16H23F2NO/c1-16(2)5-3-6-19(11-16)7-4-15(20)12-8-13(17)10-14(18)9-12/h8-10,15,20H,3-7,11H2,1-2H3. The summed E-state index contributed by atoms with van der Waals surface area (Å²) in [6.07, 6.45) is 2.07. The molecule has 1 fully saturated rings. The third-order valence-electron chi connectivity index (χ3n) is 3.97. The van der Waals surface area contributed by atoms with Gasteiger partial charge in [-0.3, -0.25) is 0 Å². The number of likely N-dealkylation sites (tertiary alicyclic amines) is 1. The highest BCUT2D eigenvalue weighted by Gasteiger charge is 2.26. The van der Waals surface area contributed by atoms with Crippen molar-refractivity contribution in [3.8, 4) is 0 Å². The Labute approximate surface area is 119 Å². The van der Waals surface area contributed by atoms with Gasteiger partial charge in [-0.15, -0.1) is 0 Å². The van der Waals surface area contributed by atoms with Gasteiger partial charge in [-0.25, -0.2) is 8.78 Å². The number of nitrogens with zero attached hydrogens (tertiary/aromatic N) is 1. The SMILES string of the molecule is CC1(C)CCCN(CCC(O)c2cc(F)cc(F)c2)C1. The molecule has 0 amide bonds. The monoisotopic (exact) mass is 283 g/mol. The lowest BCUT2D eigenvalue weighted by Crippen LogP contribution is -2.40. The smallest absolute Gasteiger partial charge is 0.126 e. The maximum atomic E-state index is 13.1. The van der Waals surface area contributed by atoms with E-state index in [0.717, 1.165) is 32.1 Å². The molecule has 1 atom stereocenters. The lowest BCUT2D eigenvalue weighted by molar-refractivity contribution is 0.0897. The van der Waals surface area contributed by atoms with Gasteiger partial charge < -0.3 is 10.0 Å². The van der Waals surface area contributed by atoms with Crippen molar-refractivity contribution in [3.05, 3.63) is 35.4 Å². The van der Waals surface area contributed by atoms with Crippen molar-refractivity contribution in [3.63, 3.8) is 0 Å². The van der Waals surface area contributed by atoms with Crippen LogP contribution < -0.4 is 0 Å². The first-order valence-electron chi connectivity index (χ1n) is 7.22. The molecule has 1 aliphatic heterocycles. The van der Waals surface area contributed by atoms with Gasteiger partial charge in [-0.05, 0) is 48.9 Å². The maximum absolute atomic E-state index is 13.1. The number of halogens is 2. The summed E-state index contributed by atoms with van der Waals surface area (Å²) < 4.78 is 26.2. The summed E-state index contributed by atoms with van der Waals surface area (Å²) in [7, 11) is 0. The molecule has 1 saturated heterocycles. The largest absolute Gasteiger partial charge is 0.388 e. The van der Waals surface area contributed by atoms with E-state index < -0.39 is 17.7 Å². The summed E-state index contributed by atoms with van der Waals surface area (Å²) in [5.74, 6) is -1.28. The fourth-order valence-electron chi connectivity index (χ4n) is 2.97. The molecule has 1 aromatic rings. The van der Waals surface area contributed by atoms with Crippen LogP contribution in [0.5, 0.6) is 0 Å². The minimum atomic E-state index is -0.815. The van der Waals surface area contributed by atoms with Gasteiger partial charge in [0.25, 0.3) is 0 Å². The molecule has 1 unspecified atom stereocenters. The third-order valence-corrected chi connectivity index (χ3v) is 3.97. The van der Waals surface area contributed by atoms with Gasteiger partial charge in [-0.2, -0.15) is 0 Å². The zero-order valence-corrected chi connectivity index (χ0v) is 12.2. The number of piperidine rings is 1. The van der Waals surface area contributed by atoms with Crippen molar-refractivity contribution in [1.29, 1.82) is 0 Å². The highest BCUT2D eigenvalue weighted by atomic mass is 19.1. The summed E-state index contributed by atoms with van der Waals surface area (Å²) in [4.78, 5) is 2.32. The lowest BCUT2D eigenvalue weighted by Gasteiger charge is -2.38. The molecule has 0 aromatic heterocycles. The number of rotatable bonds is 4. The Hall–Kier alpha value is -1.00. The van der Waals surface area contributed by atoms with Crippen LogP contribution >= 0.6 is 0 Å². The van der Waals surface area contributed by atoms with Gasteiger partial charge in [0.1, 0.15) is 11.6 Å². The van der Waals surface area contributed by atoms with E-state index in [2.05, 4.69) is 18.7 Å². The van der Waals surface area contributed by atoms with E-state index in [-0.39, 0.29) is 0 Å². The van der Waals surface area contributed by atoms with E-state index >= 15 is 0 Å². The predicted molar refractivity (Wildman–Crippen MR) is 75.4 cm³/mol. The van der Waals surface area contributed by atoms with Crippen molar-refractivity contribution < 1.29 is 13.9 Å². The van der Waals surface area contributed by atoms with Gasteiger partial charge in [-0.1, -0.05) is 13.8 Å². The molecule has 4 heteroatoms. The molecule has 1 heterocycles. The van der Waals surface area contributed by atoms with Gasteiger partial charge in [0.2, 0.25) is 0 Å². The summed E-state index contributed by atoms with van der Waals surface area (Å²) in [6.45, 7) is 7.29. The van der Waals surface area contributed by atoms with Crippen LogP contribution in [0, 0.1) is 17.0 Å². The minimum Gasteiger partial charge on any atom is -0.388 e. The van der Waals surface area contributed by atoms with E-state index in [1.165, 1.54) is 18.6 Å². The van der Waals surface area contributed by atoms with Crippen molar-refractivity contribution in [2.24, 2.45) is 5.41 Å². The van der Waals surface area contributed by atoms with E-state index in [1.807, 2.05) is 0 Å². The summed E-state index contributed by atoms with van der Waals surface area (Å²) in [6, 6.07) is 3.23. The van der Waals surface area contributed by atoms with Crippen molar-refractivity contribution in [1.82, 2.24) is 4.90 Å². The molecular weight excluding hydrogens is 260 g/mol. The molecule has 0 aliphatic carbocycles. The molecule has 112 valence electrons. The van der Waals surface area contributed by atoms with Crippen molar-refractivity contribution >= 4 is 0 Å². The molecule has 1 N–H and O–H groups in total. The number of aliphatic hydroxyl groups is 1. The fraction of sp³-hybridized carbons (Fsp3) is 0.625.